The van der Waals surface area contributed by atoms with Gasteiger partial charge in [0.1, 0.15) is 47.6 Å². The number of nitrogens with two attached hydrogens (primary N) is 1. The molecule has 4 aliphatic rings. The standard InChI is InChI=1S/C55H66FN11O5S/c1-33(35-11-13-37(14-12-35)48-34(2)60-32-73-48)61-52(70)44-25-39(68)28-66(44)53(71)49(54(3,4)5)62-45(69)30-64-23-20-55(21-24-64)26-38(27-55)65-22-19-43(42(56)29-65)67-51-46(50(57)58-31-59-51)47(63-67)36-15-17-41(18-16-36)72-40-9-7-6-8-10-40/h6-18,31-33,38-39,42-44,49,68H,19-30H2,1-5H3,(H,61,70)(H,62,69)(H2,57,58,59)/t33-,39+,42+,43+,44-,49+/m0/s1. The second-order valence-corrected chi connectivity index (χ2v) is 22.6. The van der Waals surface area contributed by atoms with Crippen LogP contribution in [0.2, 0.25) is 0 Å². The molecule has 3 aliphatic heterocycles. The lowest BCUT2D eigenvalue weighted by Crippen LogP contribution is -2.60. The molecule has 3 aromatic heterocycles. The summed E-state index contributed by atoms with van der Waals surface area (Å²) < 4.78 is 24.2. The van der Waals surface area contributed by atoms with E-state index in [9.17, 15) is 19.5 Å². The lowest BCUT2D eigenvalue weighted by atomic mass is 9.59. The van der Waals surface area contributed by atoms with Crippen LogP contribution in [-0.2, 0) is 14.4 Å². The van der Waals surface area contributed by atoms with E-state index in [4.69, 9.17) is 15.6 Å². The Morgan fingerprint density at radius 3 is 2.29 bits per heavy atom. The Kier molecular flexibility index (Phi) is 14.1. The molecule has 6 aromatic rings. The number of amides is 3. The van der Waals surface area contributed by atoms with Crippen LogP contribution in [0.1, 0.15) is 89.6 Å². The van der Waals surface area contributed by atoms with Crippen LogP contribution in [0.25, 0.3) is 32.7 Å². The molecule has 1 aliphatic carbocycles. The van der Waals surface area contributed by atoms with Crippen molar-refractivity contribution in [2.75, 3.05) is 45.0 Å². The van der Waals surface area contributed by atoms with Crippen LogP contribution in [0.4, 0.5) is 10.2 Å². The van der Waals surface area contributed by atoms with Crippen LogP contribution in [0.15, 0.2) is 90.7 Å². The Bertz CT molecular complexity index is 2930. The summed E-state index contributed by atoms with van der Waals surface area (Å²) in [7, 11) is 0. The third-order valence-electron chi connectivity index (χ3n) is 15.7. The molecular weight excluding hydrogens is 946 g/mol. The molecular formula is C55H66FN11O5S. The maximum absolute atomic E-state index is 16.5. The number of nitrogens with one attached hydrogen (secondary N) is 2. The fraction of sp³-hybridized carbons (Fsp3) is 0.473. The molecule has 3 saturated heterocycles. The first-order valence-corrected chi connectivity index (χ1v) is 26.4. The number of rotatable bonds is 13. The summed E-state index contributed by atoms with van der Waals surface area (Å²) in [5.74, 6) is 0.721. The molecule has 1 spiro atoms. The third kappa shape index (κ3) is 10.6. The van der Waals surface area contributed by atoms with Gasteiger partial charge in [-0.15, -0.1) is 11.3 Å². The summed E-state index contributed by atoms with van der Waals surface area (Å²) in [6, 6.07) is 22.8. The summed E-state index contributed by atoms with van der Waals surface area (Å²) >= 11 is 1.58. The lowest BCUT2D eigenvalue weighted by molar-refractivity contribution is -0.144. The molecule has 0 bridgehead atoms. The topological polar surface area (TPSA) is 197 Å². The monoisotopic (exact) mass is 1010 g/mol. The van der Waals surface area contributed by atoms with Crippen molar-refractivity contribution in [3.8, 4) is 33.2 Å². The van der Waals surface area contributed by atoms with Crippen molar-refractivity contribution in [2.45, 2.75) is 116 Å². The molecule has 5 N–H and O–H groups in total. The van der Waals surface area contributed by atoms with Crippen LogP contribution >= 0.6 is 11.3 Å². The zero-order valence-electron chi connectivity index (χ0n) is 42.2. The number of thiazole rings is 1. The zero-order valence-corrected chi connectivity index (χ0v) is 43.0. The lowest BCUT2D eigenvalue weighted by Gasteiger charge is -2.56. The Morgan fingerprint density at radius 2 is 1.62 bits per heavy atom. The van der Waals surface area contributed by atoms with Gasteiger partial charge in [-0.25, -0.2) is 24.0 Å². The van der Waals surface area contributed by atoms with Gasteiger partial charge >= 0.3 is 0 Å². The molecule has 73 heavy (non-hydrogen) atoms. The van der Waals surface area contributed by atoms with Crippen molar-refractivity contribution in [3.05, 3.63) is 102 Å². The molecule has 6 heterocycles. The summed E-state index contributed by atoms with van der Waals surface area (Å²) in [5, 5.41) is 22.4. The average molecular weight is 1010 g/mol. The number of aliphatic hydroxyl groups excluding tert-OH is 1. The van der Waals surface area contributed by atoms with Gasteiger partial charge in [0, 0.05) is 37.7 Å². The number of aliphatic hydroxyl groups is 1. The Hall–Kier alpha value is -6.34. The molecule has 10 rings (SSSR count). The molecule has 0 radical (unpaired) electrons. The molecule has 0 unspecified atom stereocenters. The molecule has 384 valence electrons. The van der Waals surface area contributed by atoms with Gasteiger partial charge in [0.25, 0.3) is 0 Å². The van der Waals surface area contributed by atoms with E-state index in [1.165, 1.54) is 11.2 Å². The number of carbonyl (C=O) groups is 3. The maximum Gasteiger partial charge on any atom is 0.246 e. The van der Waals surface area contributed by atoms with E-state index in [2.05, 4.69) is 35.4 Å². The van der Waals surface area contributed by atoms with Gasteiger partial charge < -0.3 is 31.1 Å². The van der Waals surface area contributed by atoms with E-state index < -0.39 is 35.8 Å². The minimum Gasteiger partial charge on any atom is -0.457 e. The normalized spacial score (nSPS) is 22.5. The van der Waals surface area contributed by atoms with Crippen molar-refractivity contribution in [1.29, 1.82) is 0 Å². The highest BCUT2D eigenvalue weighted by Gasteiger charge is 2.50. The quantitative estimate of drug-likeness (QED) is 0.0891. The van der Waals surface area contributed by atoms with Crippen molar-refractivity contribution >= 4 is 45.9 Å². The number of alkyl halides is 1. The molecule has 3 amide bonds. The molecule has 16 nitrogen and oxygen atoms in total. The van der Waals surface area contributed by atoms with Gasteiger partial charge in [-0.1, -0.05) is 63.2 Å². The number of nitrogen functional groups attached to an aromatic ring is 1. The summed E-state index contributed by atoms with van der Waals surface area (Å²) in [6.07, 6.45) is 3.91. The minimum absolute atomic E-state index is 0.00571. The van der Waals surface area contributed by atoms with Gasteiger partial charge in [-0.3, -0.25) is 24.2 Å². The molecule has 1 saturated carbocycles. The van der Waals surface area contributed by atoms with E-state index in [1.807, 2.05) is 119 Å². The number of nitrogens with zero attached hydrogens (tertiary/aromatic N) is 8. The Labute approximate surface area is 429 Å². The largest absolute Gasteiger partial charge is 0.457 e. The molecule has 4 fully saturated rings. The number of hydrogen-bond acceptors (Lipinski definition) is 13. The van der Waals surface area contributed by atoms with Gasteiger partial charge in [0.05, 0.1) is 46.2 Å². The number of para-hydroxylation sites is 1. The van der Waals surface area contributed by atoms with Gasteiger partial charge in [0.2, 0.25) is 17.7 Å². The number of aromatic nitrogens is 5. The number of hydrogen-bond donors (Lipinski definition) is 4. The third-order valence-corrected chi connectivity index (χ3v) is 16.7. The van der Waals surface area contributed by atoms with E-state index in [-0.39, 0.29) is 54.7 Å². The van der Waals surface area contributed by atoms with E-state index in [0.29, 0.717) is 41.3 Å². The summed E-state index contributed by atoms with van der Waals surface area (Å²) in [5.41, 5.74) is 12.6. The SMILES string of the molecule is Cc1ncsc1-c1ccc([C@H](C)NC(=O)[C@@H]2C[C@@H](O)CN2C(=O)[C@@H](NC(=O)CN2CCC3(CC2)CC(N2CC[C@@H](n4nc(-c5ccc(Oc6ccccc6)cc5)c5c(N)ncnc54)[C@H](F)C2)C3)C(C)(C)C)cc1. The highest BCUT2D eigenvalue weighted by Crippen LogP contribution is 2.52. The average Bonchev–Trinajstić information content (AvgIpc) is 4.10. The number of ether oxygens (including phenoxy) is 1. The number of anilines is 1. The zero-order chi connectivity index (χ0) is 51.2. The second-order valence-electron chi connectivity index (χ2n) is 21.8. The van der Waals surface area contributed by atoms with Crippen LogP contribution in [0, 0.1) is 17.8 Å². The van der Waals surface area contributed by atoms with Crippen molar-refractivity contribution in [1.82, 2.24) is 50.1 Å². The molecule has 3 aromatic carbocycles. The van der Waals surface area contributed by atoms with Gasteiger partial charge in [-0.2, -0.15) is 5.10 Å². The first-order chi connectivity index (χ1) is 35.0. The Balaban J connectivity index is 0.704. The van der Waals surface area contributed by atoms with E-state index >= 15 is 4.39 Å². The van der Waals surface area contributed by atoms with Crippen LogP contribution in [-0.4, -0.2) is 132 Å². The van der Waals surface area contributed by atoms with Gasteiger partial charge in [0.15, 0.2) is 5.65 Å². The number of likely N-dealkylation sites (tertiary alicyclic amines) is 3. The maximum atomic E-state index is 16.5. The van der Waals surface area contributed by atoms with Crippen molar-refractivity contribution in [2.24, 2.45) is 10.8 Å². The fourth-order valence-electron chi connectivity index (χ4n) is 11.5. The van der Waals surface area contributed by atoms with Crippen molar-refractivity contribution in [3.63, 3.8) is 0 Å². The van der Waals surface area contributed by atoms with Crippen molar-refractivity contribution < 1.29 is 28.6 Å². The number of benzene rings is 3. The van der Waals surface area contributed by atoms with Crippen LogP contribution in [0.5, 0.6) is 11.5 Å². The summed E-state index contributed by atoms with van der Waals surface area (Å²) in [4.78, 5) is 62.1. The second kappa shape index (κ2) is 20.5. The van der Waals surface area contributed by atoms with Crippen LogP contribution in [0.3, 0.4) is 0 Å². The predicted octanol–water partition coefficient (Wildman–Crippen LogP) is 7.50. The molecule has 18 heteroatoms. The highest BCUT2D eigenvalue weighted by molar-refractivity contribution is 7.13. The summed E-state index contributed by atoms with van der Waals surface area (Å²) in [6.45, 7) is 12.3. The van der Waals surface area contributed by atoms with Gasteiger partial charge in [-0.05, 0) is 117 Å². The number of carbonyl (C=O) groups excluding carboxylic acids is 3. The first kappa shape index (κ1) is 50.2. The number of halogens is 1. The minimum atomic E-state index is -1.17. The smallest absolute Gasteiger partial charge is 0.246 e. The van der Waals surface area contributed by atoms with E-state index in [1.54, 1.807) is 16.0 Å². The van der Waals surface area contributed by atoms with Crippen LogP contribution < -0.4 is 21.1 Å². The predicted molar refractivity (Wildman–Crippen MR) is 279 cm³/mol. The number of piperidine rings is 2. The first-order valence-electron chi connectivity index (χ1n) is 25.5. The van der Waals surface area contributed by atoms with E-state index in [0.717, 1.165) is 78.3 Å². The highest BCUT2D eigenvalue weighted by atomic mass is 32.1. The molecule has 6 atom stereocenters. The fourth-order valence-corrected chi connectivity index (χ4v) is 12.3. The number of β-amino-alcohol motifs (C(OH)–C–C–N with tert-alkyl or cyclic N) is 1. The Morgan fingerprint density at radius 1 is 0.918 bits per heavy atom. The number of fused-ring (bicyclic) bond motifs is 1. The number of aryl methyl sites for hydroxylation is 1.